The lowest BCUT2D eigenvalue weighted by Crippen LogP contribution is -2.43. The molecular weight excluding hydrogens is 353 g/mol. The molecule has 0 fully saturated rings. The second-order valence-electron chi connectivity index (χ2n) is 5.88. The van der Waals surface area contributed by atoms with Gasteiger partial charge in [0, 0.05) is 19.6 Å². The largest absolute Gasteiger partial charge is 0.416 e. The number of rotatable bonds is 4. The average molecular weight is 370 g/mol. The van der Waals surface area contributed by atoms with Gasteiger partial charge < -0.3 is 0 Å². The molecule has 25 heavy (non-hydrogen) atoms. The maximum Gasteiger partial charge on any atom is 0.416 e. The number of fused-ring (bicyclic) bond motifs is 1. The average Bonchev–Trinajstić information content (AvgIpc) is 2.59. The molecule has 134 valence electrons. The van der Waals surface area contributed by atoms with E-state index < -0.39 is 21.9 Å². The Balaban J connectivity index is 1.74. The number of benzene rings is 2. The second-order valence-corrected chi connectivity index (χ2v) is 7.63. The number of hydrogen-bond acceptors (Lipinski definition) is 2. The Morgan fingerprint density at radius 1 is 1.04 bits per heavy atom. The van der Waals surface area contributed by atoms with Gasteiger partial charge in [0.25, 0.3) is 10.2 Å². The summed E-state index contributed by atoms with van der Waals surface area (Å²) < 4.78 is 67.1. The van der Waals surface area contributed by atoms with Crippen LogP contribution in [0.25, 0.3) is 0 Å². The van der Waals surface area contributed by atoms with Crippen molar-refractivity contribution in [3.05, 3.63) is 70.8 Å². The van der Waals surface area contributed by atoms with Crippen molar-refractivity contribution in [1.82, 2.24) is 9.03 Å². The zero-order valence-electron chi connectivity index (χ0n) is 13.3. The molecule has 1 heterocycles. The smallest absolute Gasteiger partial charge is 0.198 e. The van der Waals surface area contributed by atoms with Crippen LogP contribution in [0.3, 0.4) is 0 Å². The normalized spacial score (nSPS) is 15.8. The van der Waals surface area contributed by atoms with E-state index in [0.717, 1.165) is 23.3 Å². The van der Waals surface area contributed by atoms with Crippen LogP contribution in [0, 0.1) is 0 Å². The summed E-state index contributed by atoms with van der Waals surface area (Å²) in [5.41, 5.74) is 1.19. The molecule has 0 amide bonds. The predicted molar refractivity (Wildman–Crippen MR) is 87.8 cm³/mol. The van der Waals surface area contributed by atoms with Crippen molar-refractivity contribution < 1.29 is 21.6 Å². The van der Waals surface area contributed by atoms with Gasteiger partial charge in [-0.2, -0.15) is 30.6 Å². The SMILES string of the molecule is O=S(=O)(NCc1ccccc1)N1CCc2ccc(C(F)(F)F)cc2C1. The third-order valence-corrected chi connectivity index (χ3v) is 5.65. The first-order chi connectivity index (χ1) is 11.8. The van der Waals surface area contributed by atoms with Gasteiger partial charge in [0.05, 0.1) is 5.56 Å². The molecule has 0 aromatic heterocycles. The fourth-order valence-corrected chi connectivity index (χ4v) is 3.95. The summed E-state index contributed by atoms with van der Waals surface area (Å²) in [5.74, 6) is 0. The van der Waals surface area contributed by atoms with Crippen LogP contribution in [-0.4, -0.2) is 19.3 Å². The Kier molecular flexibility index (Phi) is 4.86. The molecule has 0 saturated carbocycles. The standard InChI is InChI=1S/C17H17F3N2O2S/c18-17(19,20)16-7-6-14-8-9-22(12-15(14)10-16)25(23,24)21-11-13-4-2-1-3-5-13/h1-7,10,21H,8-9,11-12H2. The van der Waals surface area contributed by atoms with Crippen molar-refractivity contribution in [3.8, 4) is 0 Å². The molecule has 1 aliphatic rings. The molecule has 2 aromatic rings. The van der Waals surface area contributed by atoms with Crippen LogP contribution in [0.4, 0.5) is 13.2 Å². The van der Waals surface area contributed by atoms with E-state index in [0.29, 0.717) is 12.0 Å². The van der Waals surface area contributed by atoms with E-state index in [1.807, 2.05) is 6.07 Å². The van der Waals surface area contributed by atoms with E-state index in [9.17, 15) is 21.6 Å². The fraction of sp³-hybridized carbons (Fsp3) is 0.294. The topological polar surface area (TPSA) is 49.4 Å². The van der Waals surface area contributed by atoms with Crippen molar-refractivity contribution in [2.45, 2.75) is 25.7 Å². The summed E-state index contributed by atoms with van der Waals surface area (Å²) >= 11 is 0. The van der Waals surface area contributed by atoms with E-state index >= 15 is 0 Å². The van der Waals surface area contributed by atoms with Gasteiger partial charge in [-0.3, -0.25) is 0 Å². The molecule has 0 saturated heterocycles. The van der Waals surface area contributed by atoms with E-state index in [-0.39, 0.29) is 19.6 Å². The number of alkyl halides is 3. The summed E-state index contributed by atoms with van der Waals surface area (Å²) in [6.07, 6.45) is -4.05. The quantitative estimate of drug-likeness (QED) is 0.899. The summed E-state index contributed by atoms with van der Waals surface area (Å²) in [5, 5.41) is 0. The molecule has 2 aromatic carbocycles. The molecule has 3 rings (SSSR count). The molecule has 1 aliphatic heterocycles. The van der Waals surface area contributed by atoms with Gasteiger partial charge >= 0.3 is 6.18 Å². The Labute approximate surface area is 144 Å². The van der Waals surface area contributed by atoms with E-state index in [2.05, 4.69) is 4.72 Å². The zero-order chi connectivity index (χ0) is 18.1. The molecule has 0 spiro atoms. The number of halogens is 3. The highest BCUT2D eigenvalue weighted by atomic mass is 32.2. The molecule has 0 bridgehead atoms. The van der Waals surface area contributed by atoms with Gasteiger partial charge in [0.1, 0.15) is 0 Å². The molecule has 1 N–H and O–H groups in total. The van der Waals surface area contributed by atoms with E-state index in [1.54, 1.807) is 24.3 Å². The summed E-state index contributed by atoms with van der Waals surface area (Å²) in [7, 11) is -3.77. The molecule has 0 atom stereocenters. The van der Waals surface area contributed by atoms with Gasteiger partial charge in [0.2, 0.25) is 0 Å². The minimum atomic E-state index is -4.44. The van der Waals surface area contributed by atoms with Crippen LogP contribution < -0.4 is 4.72 Å². The van der Waals surface area contributed by atoms with Crippen LogP contribution >= 0.6 is 0 Å². The summed E-state index contributed by atoms with van der Waals surface area (Å²) in [4.78, 5) is 0. The first-order valence-corrected chi connectivity index (χ1v) is 9.17. The first kappa shape index (κ1) is 17.9. The Morgan fingerprint density at radius 2 is 1.76 bits per heavy atom. The second kappa shape index (κ2) is 6.78. The van der Waals surface area contributed by atoms with Crippen molar-refractivity contribution in [2.75, 3.05) is 6.54 Å². The van der Waals surface area contributed by atoms with Crippen molar-refractivity contribution >= 4 is 10.2 Å². The van der Waals surface area contributed by atoms with Crippen LogP contribution in [0.15, 0.2) is 48.5 Å². The lowest BCUT2D eigenvalue weighted by molar-refractivity contribution is -0.137. The lowest BCUT2D eigenvalue weighted by Gasteiger charge is -2.28. The molecule has 0 unspecified atom stereocenters. The van der Waals surface area contributed by atoms with Gasteiger partial charge in [-0.1, -0.05) is 36.4 Å². The molecule has 4 nitrogen and oxygen atoms in total. The van der Waals surface area contributed by atoms with E-state index in [1.165, 1.54) is 10.4 Å². The Bertz CT molecular complexity index is 852. The minimum Gasteiger partial charge on any atom is -0.198 e. The van der Waals surface area contributed by atoms with E-state index in [4.69, 9.17) is 0 Å². The van der Waals surface area contributed by atoms with Crippen LogP contribution in [0.1, 0.15) is 22.3 Å². The van der Waals surface area contributed by atoms with Gasteiger partial charge in [-0.15, -0.1) is 0 Å². The Hall–Kier alpha value is -1.90. The third-order valence-electron chi connectivity index (χ3n) is 4.15. The number of hydrogen-bond donors (Lipinski definition) is 1. The molecule has 0 radical (unpaired) electrons. The minimum absolute atomic E-state index is 0.0661. The predicted octanol–water partition coefficient (Wildman–Crippen LogP) is 3.10. The number of nitrogens with zero attached hydrogens (tertiary/aromatic N) is 1. The zero-order valence-corrected chi connectivity index (χ0v) is 14.1. The van der Waals surface area contributed by atoms with Gasteiger partial charge in [0.15, 0.2) is 0 Å². The highest BCUT2D eigenvalue weighted by Gasteiger charge is 2.33. The highest BCUT2D eigenvalue weighted by Crippen LogP contribution is 2.32. The number of nitrogens with one attached hydrogen (secondary N) is 1. The Morgan fingerprint density at radius 3 is 2.44 bits per heavy atom. The van der Waals surface area contributed by atoms with Crippen molar-refractivity contribution in [2.24, 2.45) is 0 Å². The van der Waals surface area contributed by atoms with Crippen LogP contribution in [0.5, 0.6) is 0 Å². The lowest BCUT2D eigenvalue weighted by atomic mass is 9.98. The first-order valence-electron chi connectivity index (χ1n) is 7.73. The van der Waals surface area contributed by atoms with Gasteiger partial charge in [-0.05, 0) is 35.2 Å². The maximum atomic E-state index is 12.9. The van der Waals surface area contributed by atoms with Crippen molar-refractivity contribution in [1.29, 1.82) is 0 Å². The van der Waals surface area contributed by atoms with Crippen LogP contribution in [-0.2, 0) is 35.9 Å². The maximum absolute atomic E-state index is 12.9. The van der Waals surface area contributed by atoms with Crippen LogP contribution in [0.2, 0.25) is 0 Å². The molecule has 8 heteroatoms. The monoisotopic (exact) mass is 370 g/mol. The summed E-state index contributed by atoms with van der Waals surface area (Å²) in [6, 6.07) is 12.5. The van der Waals surface area contributed by atoms with Crippen molar-refractivity contribution in [3.63, 3.8) is 0 Å². The molecule has 0 aliphatic carbocycles. The third kappa shape index (κ3) is 4.20. The van der Waals surface area contributed by atoms with Gasteiger partial charge in [-0.25, -0.2) is 0 Å². The summed E-state index contributed by atoms with van der Waals surface area (Å²) in [6.45, 7) is 0.307. The fourth-order valence-electron chi connectivity index (χ4n) is 2.77. The molecular formula is C17H17F3N2O2S. The highest BCUT2D eigenvalue weighted by molar-refractivity contribution is 7.87.